The molecule has 3 heteroatoms. The molecular formula is C15H19FN2. The van der Waals surface area contributed by atoms with Crippen molar-refractivity contribution < 1.29 is 4.39 Å². The molecule has 0 bridgehead atoms. The van der Waals surface area contributed by atoms with Crippen molar-refractivity contribution in [3.05, 3.63) is 30.1 Å². The van der Waals surface area contributed by atoms with Gasteiger partial charge in [0.15, 0.2) is 0 Å². The molecule has 1 aromatic carbocycles. The zero-order chi connectivity index (χ0) is 13.2. The third-order valence-corrected chi connectivity index (χ3v) is 4.13. The van der Waals surface area contributed by atoms with Gasteiger partial charge in [-0.1, -0.05) is 26.3 Å². The fourth-order valence-corrected chi connectivity index (χ4v) is 2.79. The van der Waals surface area contributed by atoms with Crippen LogP contribution in [0.3, 0.4) is 0 Å². The number of anilines is 1. The smallest absolute Gasteiger partial charge is 0.130 e. The minimum absolute atomic E-state index is 0.105. The van der Waals surface area contributed by atoms with Crippen molar-refractivity contribution in [2.45, 2.75) is 45.1 Å². The van der Waals surface area contributed by atoms with E-state index in [2.05, 4.69) is 25.2 Å². The number of halogens is 1. The molecule has 2 rings (SSSR count). The van der Waals surface area contributed by atoms with Gasteiger partial charge in [-0.15, -0.1) is 0 Å². The normalized spacial score (nSPS) is 26.3. The van der Waals surface area contributed by atoms with E-state index in [1.807, 2.05) is 6.07 Å². The Balaban J connectivity index is 2.31. The summed E-state index contributed by atoms with van der Waals surface area (Å²) >= 11 is 0. The number of nitriles is 1. The Labute approximate surface area is 108 Å². The standard InChI is InChI=1S/C15H19FN2/c1-14(2)8-3-4-9-15(14,11-17)18-13-7-5-6-12(16)10-13/h5-7,10,18H,3-4,8-9H2,1-2H3. The number of nitrogens with one attached hydrogen (secondary N) is 1. The van der Waals surface area contributed by atoms with Crippen LogP contribution in [0.5, 0.6) is 0 Å². The maximum Gasteiger partial charge on any atom is 0.130 e. The number of rotatable bonds is 2. The summed E-state index contributed by atoms with van der Waals surface area (Å²) in [5.41, 5.74) is -0.0164. The van der Waals surface area contributed by atoms with Gasteiger partial charge in [-0.05, 0) is 37.5 Å². The van der Waals surface area contributed by atoms with Crippen molar-refractivity contribution in [2.75, 3.05) is 5.32 Å². The fourth-order valence-electron chi connectivity index (χ4n) is 2.79. The number of benzene rings is 1. The topological polar surface area (TPSA) is 35.8 Å². The lowest BCUT2D eigenvalue weighted by molar-refractivity contribution is 0.164. The quantitative estimate of drug-likeness (QED) is 0.852. The van der Waals surface area contributed by atoms with Crippen LogP contribution in [0, 0.1) is 22.6 Å². The SMILES string of the molecule is CC1(C)CCCCC1(C#N)Nc1cccc(F)c1. The van der Waals surface area contributed by atoms with Gasteiger partial charge >= 0.3 is 0 Å². The molecule has 1 aliphatic rings. The highest BCUT2D eigenvalue weighted by Crippen LogP contribution is 2.45. The second-order valence-electron chi connectivity index (χ2n) is 5.74. The maximum absolute atomic E-state index is 13.2. The third-order valence-electron chi connectivity index (χ3n) is 4.13. The molecule has 1 N–H and O–H groups in total. The molecule has 2 nitrogen and oxygen atoms in total. The van der Waals surface area contributed by atoms with Gasteiger partial charge in [-0.3, -0.25) is 0 Å². The molecule has 0 heterocycles. The largest absolute Gasteiger partial charge is 0.367 e. The lowest BCUT2D eigenvalue weighted by atomic mass is 9.63. The molecule has 1 unspecified atom stereocenters. The Kier molecular flexibility index (Phi) is 3.30. The molecule has 0 saturated heterocycles. The zero-order valence-electron chi connectivity index (χ0n) is 11.0. The highest BCUT2D eigenvalue weighted by atomic mass is 19.1. The van der Waals surface area contributed by atoms with Crippen LogP contribution in [0.4, 0.5) is 10.1 Å². The van der Waals surface area contributed by atoms with Crippen molar-refractivity contribution in [3.8, 4) is 6.07 Å². The molecule has 0 amide bonds. The summed E-state index contributed by atoms with van der Waals surface area (Å²) in [6, 6.07) is 8.78. The summed E-state index contributed by atoms with van der Waals surface area (Å²) in [7, 11) is 0. The summed E-state index contributed by atoms with van der Waals surface area (Å²) < 4.78 is 13.2. The van der Waals surface area contributed by atoms with E-state index in [4.69, 9.17) is 0 Å². The van der Waals surface area contributed by atoms with Gasteiger partial charge in [0.05, 0.1) is 6.07 Å². The molecule has 1 atom stereocenters. The van der Waals surface area contributed by atoms with Gasteiger partial charge in [-0.2, -0.15) is 5.26 Å². The Morgan fingerprint density at radius 2 is 2.00 bits per heavy atom. The summed E-state index contributed by atoms with van der Waals surface area (Å²) in [6.07, 6.45) is 4.02. The Bertz CT molecular complexity index is 476. The van der Waals surface area contributed by atoms with E-state index >= 15 is 0 Å². The van der Waals surface area contributed by atoms with Crippen LogP contribution in [0.1, 0.15) is 39.5 Å². The minimum Gasteiger partial charge on any atom is -0.367 e. The van der Waals surface area contributed by atoms with Crippen LogP contribution in [-0.2, 0) is 0 Å². The van der Waals surface area contributed by atoms with Crippen LogP contribution >= 0.6 is 0 Å². The molecular weight excluding hydrogens is 227 g/mol. The molecule has 0 aliphatic heterocycles. The molecule has 18 heavy (non-hydrogen) atoms. The first-order valence-electron chi connectivity index (χ1n) is 6.44. The van der Waals surface area contributed by atoms with Gasteiger partial charge in [0.1, 0.15) is 11.4 Å². The summed E-state index contributed by atoms with van der Waals surface area (Å²) in [5.74, 6) is -0.276. The van der Waals surface area contributed by atoms with Gasteiger partial charge in [0, 0.05) is 11.1 Å². The minimum atomic E-state index is -0.598. The Hall–Kier alpha value is -1.56. The zero-order valence-corrected chi connectivity index (χ0v) is 11.0. The lowest BCUT2D eigenvalue weighted by Gasteiger charge is -2.46. The van der Waals surface area contributed by atoms with E-state index in [9.17, 15) is 9.65 Å². The van der Waals surface area contributed by atoms with Gasteiger partial charge in [0.25, 0.3) is 0 Å². The molecule has 0 spiro atoms. The first-order valence-corrected chi connectivity index (χ1v) is 6.44. The second-order valence-corrected chi connectivity index (χ2v) is 5.74. The van der Waals surface area contributed by atoms with E-state index in [1.165, 1.54) is 12.1 Å². The predicted molar refractivity (Wildman–Crippen MR) is 70.6 cm³/mol. The van der Waals surface area contributed by atoms with E-state index in [0.29, 0.717) is 5.69 Å². The fraction of sp³-hybridized carbons (Fsp3) is 0.533. The Morgan fingerprint density at radius 1 is 1.28 bits per heavy atom. The number of hydrogen-bond acceptors (Lipinski definition) is 2. The Morgan fingerprint density at radius 3 is 2.61 bits per heavy atom. The van der Waals surface area contributed by atoms with E-state index in [1.54, 1.807) is 6.07 Å². The first-order chi connectivity index (χ1) is 8.49. The number of hydrogen-bond donors (Lipinski definition) is 1. The maximum atomic E-state index is 13.2. The van der Waals surface area contributed by atoms with Gasteiger partial charge in [-0.25, -0.2) is 4.39 Å². The molecule has 1 fully saturated rings. The van der Waals surface area contributed by atoms with Crippen LogP contribution < -0.4 is 5.32 Å². The lowest BCUT2D eigenvalue weighted by Crippen LogP contribution is -2.52. The predicted octanol–water partition coefficient (Wildman–Crippen LogP) is 4.10. The third kappa shape index (κ3) is 2.20. The first kappa shape index (κ1) is 12.9. The summed E-state index contributed by atoms with van der Waals surface area (Å²) in [4.78, 5) is 0. The average molecular weight is 246 g/mol. The van der Waals surface area contributed by atoms with E-state index in [0.717, 1.165) is 25.7 Å². The molecule has 0 radical (unpaired) electrons. The molecule has 1 aliphatic carbocycles. The number of nitrogens with zero attached hydrogens (tertiary/aromatic N) is 1. The monoisotopic (exact) mass is 246 g/mol. The van der Waals surface area contributed by atoms with Crippen molar-refractivity contribution in [1.29, 1.82) is 5.26 Å². The van der Waals surface area contributed by atoms with Crippen LogP contribution in [0.25, 0.3) is 0 Å². The van der Waals surface area contributed by atoms with E-state index in [-0.39, 0.29) is 11.2 Å². The van der Waals surface area contributed by atoms with Crippen molar-refractivity contribution >= 4 is 5.69 Å². The summed E-state index contributed by atoms with van der Waals surface area (Å²) in [5, 5.41) is 12.9. The van der Waals surface area contributed by atoms with E-state index < -0.39 is 5.54 Å². The highest BCUT2D eigenvalue weighted by molar-refractivity contribution is 5.49. The highest BCUT2D eigenvalue weighted by Gasteiger charge is 2.47. The molecule has 1 saturated carbocycles. The van der Waals surface area contributed by atoms with Crippen molar-refractivity contribution in [3.63, 3.8) is 0 Å². The van der Waals surface area contributed by atoms with Crippen molar-refractivity contribution in [2.24, 2.45) is 5.41 Å². The summed E-state index contributed by atoms with van der Waals surface area (Å²) in [6.45, 7) is 4.23. The second kappa shape index (κ2) is 4.61. The molecule has 0 aromatic heterocycles. The average Bonchev–Trinajstić information content (AvgIpc) is 2.32. The molecule has 96 valence electrons. The van der Waals surface area contributed by atoms with Crippen LogP contribution in [0.2, 0.25) is 0 Å². The van der Waals surface area contributed by atoms with Gasteiger partial charge < -0.3 is 5.32 Å². The van der Waals surface area contributed by atoms with Gasteiger partial charge in [0.2, 0.25) is 0 Å². The van der Waals surface area contributed by atoms with Crippen LogP contribution in [0.15, 0.2) is 24.3 Å². The molecule has 1 aromatic rings. The van der Waals surface area contributed by atoms with Crippen molar-refractivity contribution in [1.82, 2.24) is 0 Å². The van der Waals surface area contributed by atoms with Crippen LogP contribution in [-0.4, -0.2) is 5.54 Å².